The molecule has 0 aliphatic carbocycles. The van der Waals surface area contributed by atoms with Crippen molar-refractivity contribution in [2.75, 3.05) is 6.61 Å². The van der Waals surface area contributed by atoms with Crippen molar-refractivity contribution in [1.29, 1.82) is 0 Å². The molecule has 0 radical (unpaired) electrons. The van der Waals surface area contributed by atoms with Gasteiger partial charge in [0.2, 0.25) is 0 Å². The Morgan fingerprint density at radius 1 is 0.800 bits per heavy atom. The van der Waals surface area contributed by atoms with E-state index in [1.165, 1.54) is 0 Å². The summed E-state index contributed by atoms with van der Waals surface area (Å²) in [7, 11) is 0. The van der Waals surface area contributed by atoms with Gasteiger partial charge in [0.15, 0.2) is 0 Å². The molecule has 2 heteroatoms. The van der Waals surface area contributed by atoms with Gasteiger partial charge in [0.1, 0.15) is 0 Å². The van der Waals surface area contributed by atoms with Gasteiger partial charge in [-0.05, 0) is 34.4 Å². The van der Waals surface area contributed by atoms with Crippen LogP contribution in [0.1, 0.15) is 11.1 Å². The van der Waals surface area contributed by atoms with Crippen LogP contribution in [0.15, 0.2) is 36.4 Å². The van der Waals surface area contributed by atoms with Crippen LogP contribution in [0.25, 0.3) is 10.8 Å². The summed E-state index contributed by atoms with van der Waals surface area (Å²) in [6, 6.07) is 12.0. The van der Waals surface area contributed by atoms with Crippen LogP contribution in [0.3, 0.4) is 0 Å². The van der Waals surface area contributed by atoms with E-state index in [4.69, 9.17) is 10.2 Å². The average molecular weight is 202 g/mol. The molecule has 78 valence electrons. The van der Waals surface area contributed by atoms with Gasteiger partial charge in [0.25, 0.3) is 0 Å². The average Bonchev–Trinajstić information content (AvgIpc) is 2.29. The quantitative estimate of drug-likeness (QED) is 0.797. The highest BCUT2D eigenvalue weighted by Gasteiger charge is 1.97. The smallest absolute Gasteiger partial charge is 0.0682 e. The van der Waals surface area contributed by atoms with Crippen LogP contribution in [0.5, 0.6) is 0 Å². The fourth-order valence-electron chi connectivity index (χ4n) is 1.73. The largest absolute Gasteiger partial charge is 0.396 e. The van der Waals surface area contributed by atoms with Crippen LogP contribution in [0, 0.1) is 0 Å². The maximum atomic E-state index is 9.00. The zero-order valence-electron chi connectivity index (χ0n) is 8.48. The number of rotatable bonds is 3. The Morgan fingerprint density at radius 2 is 1.40 bits per heavy atom. The van der Waals surface area contributed by atoms with Crippen LogP contribution in [0.2, 0.25) is 0 Å². The Labute approximate surface area is 88.8 Å². The Kier molecular flexibility index (Phi) is 2.99. The third-order valence-electron chi connectivity index (χ3n) is 2.55. The van der Waals surface area contributed by atoms with Crippen molar-refractivity contribution >= 4 is 10.8 Å². The van der Waals surface area contributed by atoms with E-state index in [1.54, 1.807) is 0 Å². The molecular weight excluding hydrogens is 188 g/mol. The summed E-state index contributed by atoms with van der Waals surface area (Å²) in [5.41, 5.74) is 2.07. The molecule has 2 rings (SSSR count). The summed E-state index contributed by atoms with van der Waals surface area (Å²) in [6.45, 7) is 0.258. The van der Waals surface area contributed by atoms with E-state index in [9.17, 15) is 0 Å². The summed E-state index contributed by atoms with van der Waals surface area (Å²) in [5, 5.41) is 20.1. The van der Waals surface area contributed by atoms with Crippen LogP contribution in [0.4, 0.5) is 0 Å². The third-order valence-corrected chi connectivity index (χ3v) is 2.55. The molecule has 0 amide bonds. The van der Waals surface area contributed by atoms with Gasteiger partial charge in [-0.3, -0.25) is 0 Å². The molecule has 0 aliphatic rings. The van der Waals surface area contributed by atoms with E-state index in [2.05, 4.69) is 6.07 Å². The second-order valence-electron chi connectivity index (χ2n) is 3.65. The zero-order valence-corrected chi connectivity index (χ0v) is 8.48. The maximum absolute atomic E-state index is 9.00. The molecule has 0 spiro atoms. The molecule has 15 heavy (non-hydrogen) atoms. The van der Waals surface area contributed by atoms with Gasteiger partial charge in [-0.15, -0.1) is 0 Å². The van der Waals surface area contributed by atoms with E-state index >= 15 is 0 Å². The highest BCUT2D eigenvalue weighted by Crippen LogP contribution is 2.18. The monoisotopic (exact) mass is 202 g/mol. The second-order valence-corrected chi connectivity index (χ2v) is 3.65. The van der Waals surface area contributed by atoms with Crippen LogP contribution < -0.4 is 0 Å². The number of fused-ring (bicyclic) bond motifs is 1. The minimum atomic E-state index is 0.0777. The second kappa shape index (κ2) is 4.43. The van der Waals surface area contributed by atoms with Gasteiger partial charge >= 0.3 is 0 Å². The molecule has 0 saturated heterocycles. The van der Waals surface area contributed by atoms with Gasteiger partial charge in [0.05, 0.1) is 6.61 Å². The highest BCUT2D eigenvalue weighted by molar-refractivity contribution is 5.83. The lowest BCUT2D eigenvalue weighted by Gasteiger charge is -2.03. The number of benzene rings is 2. The van der Waals surface area contributed by atoms with Crippen molar-refractivity contribution in [3.63, 3.8) is 0 Å². The first-order chi connectivity index (χ1) is 7.33. The van der Waals surface area contributed by atoms with Crippen molar-refractivity contribution in [1.82, 2.24) is 0 Å². The summed E-state index contributed by atoms with van der Waals surface area (Å²) >= 11 is 0. The third kappa shape index (κ3) is 2.17. The molecule has 0 aliphatic heterocycles. The molecular formula is C13H14O2. The van der Waals surface area contributed by atoms with E-state index in [0.717, 1.165) is 21.9 Å². The molecule has 0 aromatic heterocycles. The SMILES string of the molecule is OCCc1ccc2cc(CO)ccc2c1. The minimum Gasteiger partial charge on any atom is -0.396 e. The Hall–Kier alpha value is -1.38. The minimum absolute atomic E-state index is 0.0777. The standard InChI is InChI=1S/C13H14O2/c14-6-5-10-1-3-13-8-11(9-15)2-4-12(13)7-10/h1-4,7-8,14-15H,5-6,9H2. The number of aliphatic hydroxyl groups is 2. The van der Waals surface area contributed by atoms with Crippen LogP contribution in [-0.2, 0) is 13.0 Å². The van der Waals surface area contributed by atoms with Crippen molar-refractivity contribution in [2.45, 2.75) is 13.0 Å². The summed E-state index contributed by atoms with van der Waals surface area (Å²) in [4.78, 5) is 0. The molecule has 0 atom stereocenters. The van der Waals surface area contributed by atoms with Crippen LogP contribution >= 0.6 is 0 Å². The normalized spacial score (nSPS) is 10.8. The van der Waals surface area contributed by atoms with Crippen molar-refractivity contribution < 1.29 is 10.2 Å². The predicted octanol–water partition coefficient (Wildman–Crippen LogP) is 1.87. The summed E-state index contributed by atoms with van der Waals surface area (Å²) in [5.74, 6) is 0. The van der Waals surface area contributed by atoms with Gasteiger partial charge in [-0.2, -0.15) is 0 Å². The molecule has 2 aromatic carbocycles. The van der Waals surface area contributed by atoms with E-state index in [0.29, 0.717) is 6.42 Å². The number of hydrogen-bond donors (Lipinski definition) is 2. The molecule has 0 saturated carbocycles. The van der Waals surface area contributed by atoms with E-state index in [-0.39, 0.29) is 13.2 Å². The van der Waals surface area contributed by atoms with Gasteiger partial charge < -0.3 is 10.2 Å². The maximum Gasteiger partial charge on any atom is 0.0682 e. The zero-order chi connectivity index (χ0) is 10.7. The van der Waals surface area contributed by atoms with Gasteiger partial charge in [-0.1, -0.05) is 30.3 Å². The first-order valence-corrected chi connectivity index (χ1v) is 5.07. The fraction of sp³-hybridized carbons (Fsp3) is 0.231. The lowest BCUT2D eigenvalue weighted by atomic mass is 10.0. The van der Waals surface area contributed by atoms with Gasteiger partial charge in [0, 0.05) is 6.61 Å². The fourth-order valence-corrected chi connectivity index (χ4v) is 1.73. The number of aliphatic hydroxyl groups excluding tert-OH is 2. The summed E-state index contributed by atoms with van der Waals surface area (Å²) in [6.07, 6.45) is 0.692. The van der Waals surface area contributed by atoms with Crippen molar-refractivity contribution in [3.8, 4) is 0 Å². The van der Waals surface area contributed by atoms with Gasteiger partial charge in [-0.25, -0.2) is 0 Å². The van der Waals surface area contributed by atoms with Crippen molar-refractivity contribution in [2.24, 2.45) is 0 Å². The molecule has 0 fully saturated rings. The number of hydrogen-bond acceptors (Lipinski definition) is 2. The van der Waals surface area contributed by atoms with E-state index < -0.39 is 0 Å². The highest BCUT2D eigenvalue weighted by atomic mass is 16.3. The first-order valence-electron chi connectivity index (χ1n) is 5.07. The molecule has 2 nitrogen and oxygen atoms in total. The molecule has 2 aromatic rings. The predicted molar refractivity (Wildman–Crippen MR) is 60.7 cm³/mol. The topological polar surface area (TPSA) is 40.5 Å². The molecule has 0 bridgehead atoms. The molecule has 2 N–H and O–H groups in total. The summed E-state index contributed by atoms with van der Waals surface area (Å²) < 4.78 is 0. The van der Waals surface area contributed by atoms with E-state index in [1.807, 2.05) is 30.3 Å². The lowest BCUT2D eigenvalue weighted by molar-refractivity contribution is 0.282. The Morgan fingerprint density at radius 3 is 2.00 bits per heavy atom. The Balaban J connectivity index is 2.45. The lowest BCUT2D eigenvalue weighted by Crippen LogP contribution is -1.90. The molecule has 0 heterocycles. The van der Waals surface area contributed by atoms with Crippen molar-refractivity contribution in [3.05, 3.63) is 47.5 Å². The molecule has 0 unspecified atom stereocenters. The first kappa shape index (κ1) is 10.1. The van der Waals surface area contributed by atoms with Crippen LogP contribution in [-0.4, -0.2) is 16.8 Å². The Bertz CT molecular complexity index is 463.